The predicted molar refractivity (Wildman–Crippen MR) is 107 cm³/mol. The Hall–Kier alpha value is -2.48. The number of rotatable bonds is 4. The first-order chi connectivity index (χ1) is 12.9. The molecule has 1 N–H and O–H groups in total. The van der Waals surface area contributed by atoms with Crippen LogP contribution in [0, 0.1) is 5.82 Å². The quantitative estimate of drug-likeness (QED) is 0.472. The molecular formula is C19H12ClFN2O2S2. The Morgan fingerprint density at radius 1 is 0.963 bits per heavy atom. The van der Waals surface area contributed by atoms with E-state index in [1.807, 2.05) is 12.1 Å². The van der Waals surface area contributed by atoms with E-state index < -0.39 is 15.8 Å². The number of anilines is 1. The van der Waals surface area contributed by atoms with Gasteiger partial charge in [-0.3, -0.25) is 4.72 Å². The number of sulfonamides is 1. The molecule has 3 aromatic carbocycles. The van der Waals surface area contributed by atoms with E-state index in [-0.39, 0.29) is 4.90 Å². The largest absolute Gasteiger partial charge is 0.280 e. The van der Waals surface area contributed by atoms with Crippen molar-refractivity contribution in [2.45, 2.75) is 4.90 Å². The molecule has 4 nitrogen and oxygen atoms in total. The molecule has 0 saturated heterocycles. The molecule has 0 radical (unpaired) electrons. The van der Waals surface area contributed by atoms with Crippen molar-refractivity contribution in [2.75, 3.05) is 4.72 Å². The lowest BCUT2D eigenvalue weighted by Gasteiger charge is -2.08. The summed E-state index contributed by atoms with van der Waals surface area (Å²) in [6.07, 6.45) is 0. The molecule has 0 unspecified atom stereocenters. The first-order valence-electron chi connectivity index (χ1n) is 7.86. The zero-order chi connectivity index (χ0) is 19.0. The summed E-state index contributed by atoms with van der Waals surface area (Å²) >= 11 is 7.52. The molecule has 136 valence electrons. The van der Waals surface area contributed by atoms with E-state index in [2.05, 4.69) is 9.71 Å². The molecule has 0 bridgehead atoms. The van der Waals surface area contributed by atoms with Gasteiger partial charge in [0.2, 0.25) is 0 Å². The van der Waals surface area contributed by atoms with Crippen LogP contribution in [0.4, 0.5) is 10.1 Å². The van der Waals surface area contributed by atoms with Crippen LogP contribution in [0.2, 0.25) is 5.02 Å². The van der Waals surface area contributed by atoms with Crippen LogP contribution in [0.1, 0.15) is 0 Å². The van der Waals surface area contributed by atoms with Gasteiger partial charge in [-0.1, -0.05) is 11.6 Å². The van der Waals surface area contributed by atoms with Crippen LogP contribution in [0.25, 0.3) is 20.8 Å². The Morgan fingerprint density at radius 2 is 1.67 bits per heavy atom. The number of hydrogen-bond acceptors (Lipinski definition) is 4. The lowest BCUT2D eigenvalue weighted by molar-refractivity contribution is 0.599. The minimum atomic E-state index is -3.78. The number of nitrogens with one attached hydrogen (secondary N) is 1. The van der Waals surface area contributed by atoms with Gasteiger partial charge in [0.25, 0.3) is 10.0 Å². The van der Waals surface area contributed by atoms with E-state index in [1.54, 1.807) is 30.3 Å². The minimum absolute atomic E-state index is 0.00368. The van der Waals surface area contributed by atoms with Crippen molar-refractivity contribution < 1.29 is 12.8 Å². The highest BCUT2D eigenvalue weighted by Crippen LogP contribution is 2.32. The summed E-state index contributed by atoms with van der Waals surface area (Å²) in [5.41, 5.74) is 2.14. The molecule has 27 heavy (non-hydrogen) atoms. The fraction of sp³-hybridized carbons (Fsp3) is 0. The Bertz CT molecular complexity index is 1220. The monoisotopic (exact) mass is 418 g/mol. The van der Waals surface area contributed by atoms with E-state index in [0.717, 1.165) is 32.9 Å². The van der Waals surface area contributed by atoms with Crippen molar-refractivity contribution in [3.8, 4) is 10.6 Å². The van der Waals surface area contributed by atoms with Crippen molar-refractivity contribution in [1.82, 2.24) is 4.98 Å². The van der Waals surface area contributed by atoms with Crippen molar-refractivity contribution >= 4 is 48.9 Å². The highest BCUT2D eigenvalue weighted by atomic mass is 35.5. The summed E-state index contributed by atoms with van der Waals surface area (Å²) < 4.78 is 41.2. The van der Waals surface area contributed by atoms with Crippen molar-refractivity contribution in [3.63, 3.8) is 0 Å². The highest BCUT2D eigenvalue weighted by Gasteiger charge is 2.14. The van der Waals surface area contributed by atoms with Gasteiger partial charge < -0.3 is 0 Å². The average Bonchev–Trinajstić information content (AvgIpc) is 3.05. The maximum atomic E-state index is 13.0. The first-order valence-corrected chi connectivity index (χ1v) is 10.5. The van der Waals surface area contributed by atoms with E-state index in [4.69, 9.17) is 11.6 Å². The third-order valence-corrected chi connectivity index (χ3v) is 6.56. The van der Waals surface area contributed by atoms with E-state index >= 15 is 0 Å². The molecule has 4 rings (SSSR count). The molecule has 0 aliphatic carbocycles. The van der Waals surface area contributed by atoms with Crippen LogP contribution in [0.5, 0.6) is 0 Å². The van der Waals surface area contributed by atoms with Gasteiger partial charge in [0.1, 0.15) is 10.8 Å². The Morgan fingerprint density at radius 3 is 2.37 bits per heavy atom. The van der Waals surface area contributed by atoms with Gasteiger partial charge in [0, 0.05) is 16.3 Å². The van der Waals surface area contributed by atoms with Gasteiger partial charge in [0.05, 0.1) is 15.1 Å². The van der Waals surface area contributed by atoms with Crippen LogP contribution in [-0.4, -0.2) is 13.4 Å². The first kappa shape index (κ1) is 17.9. The van der Waals surface area contributed by atoms with Gasteiger partial charge in [-0.05, 0) is 66.7 Å². The lowest BCUT2D eigenvalue weighted by atomic mass is 10.2. The maximum Gasteiger partial charge on any atom is 0.261 e. The molecule has 8 heteroatoms. The van der Waals surface area contributed by atoms with Gasteiger partial charge in [0.15, 0.2) is 0 Å². The summed E-state index contributed by atoms with van der Waals surface area (Å²) in [6, 6.07) is 17.1. The zero-order valence-electron chi connectivity index (χ0n) is 13.7. The Labute approximate surface area is 164 Å². The number of aromatic nitrogens is 1. The minimum Gasteiger partial charge on any atom is -0.280 e. The van der Waals surface area contributed by atoms with Crippen molar-refractivity contribution in [3.05, 3.63) is 77.6 Å². The predicted octanol–water partition coefficient (Wildman–Crippen LogP) is 5.56. The molecule has 0 amide bonds. The fourth-order valence-corrected chi connectivity index (χ4v) is 4.84. The SMILES string of the molecule is O=S(=O)(Nc1ccc(-c2nc3ccc(Cl)cc3s2)cc1)c1ccc(F)cc1. The smallest absolute Gasteiger partial charge is 0.261 e. The number of nitrogens with zero attached hydrogens (tertiary/aromatic N) is 1. The average molecular weight is 419 g/mol. The zero-order valence-corrected chi connectivity index (χ0v) is 16.1. The fourth-order valence-electron chi connectivity index (χ4n) is 2.53. The van der Waals surface area contributed by atoms with Gasteiger partial charge in [-0.2, -0.15) is 0 Å². The highest BCUT2D eigenvalue weighted by molar-refractivity contribution is 7.92. The van der Waals surface area contributed by atoms with Gasteiger partial charge in [-0.25, -0.2) is 17.8 Å². The van der Waals surface area contributed by atoms with E-state index in [1.165, 1.54) is 23.5 Å². The summed E-state index contributed by atoms with van der Waals surface area (Å²) in [5.74, 6) is -0.490. The molecule has 0 atom stereocenters. The van der Waals surface area contributed by atoms with Crippen LogP contribution in [0.3, 0.4) is 0 Å². The van der Waals surface area contributed by atoms with Crippen LogP contribution in [0.15, 0.2) is 71.6 Å². The number of fused-ring (bicyclic) bond motifs is 1. The summed E-state index contributed by atoms with van der Waals surface area (Å²) in [6.45, 7) is 0. The second kappa shape index (κ2) is 6.92. The van der Waals surface area contributed by atoms with Gasteiger partial charge in [-0.15, -0.1) is 11.3 Å². The Balaban J connectivity index is 1.58. The third-order valence-electron chi connectivity index (χ3n) is 3.86. The number of benzene rings is 3. The molecular weight excluding hydrogens is 407 g/mol. The van der Waals surface area contributed by atoms with Gasteiger partial charge >= 0.3 is 0 Å². The van der Waals surface area contributed by atoms with Crippen LogP contribution < -0.4 is 4.72 Å². The summed E-state index contributed by atoms with van der Waals surface area (Å²) in [4.78, 5) is 4.57. The second-order valence-corrected chi connectivity index (χ2v) is 8.92. The van der Waals surface area contributed by atoms with Crippen molar-refractivity contribution in [2.24, 2.45) is 0 Å². The summed E-state index contributed by atoms with van der Waals surface area (Å²) in [5, 5.41) is 1.48. The molecule has 0 saturated carbocycles. The third kappa shape index (κ3) is 3.80. The van der Waals surface area contributed by atoms with E-state index in [9.17, 15) is 12.8 Å². The normalized spacial score (nSPS) is 11.6. The Kier molecular flexibility index (Phi) is 4.59. The molecule has 1 aromatic heterocycles. The molecule has 0 aliphatic heterocycles. The molecule has 0 fully saturated rings. The molecule has 0 spiro atoms. The molecule has 0 aliphatic rings. The lowest BCUT2D eigenvalue weighted by Crippen LogP contribution is -2.12. The second-order valence-electron chi connectivity index (χ2n) is 5.77. The number of thiazole rings is 1. The standard InChI is InChI=1S/C19H12ClFN2O2S2/c20-13-3-10-17-18(11-13)26-19(22-17)12-1-6-15(7-2-12)23-27(24,25)16-8-4-14(21)5-9-16/h1-11,23H. The van der Waals surface area contributed by atoms with Crippen LogP contribution in [-0.2, 0) is 10.0 Å². The summed E-state index contributed by atoms with van der Waals surface area (Å²) in [7, 11) is -3.78. The molecule has 4 aromatic rings. The molecule has 1 heterocycles. The van der Waals surface area contributed by atoms with Crippen molar-refractivity contribution in [1.29, 1.82) is 0 Å². The number of halogens is 2. The topological polar surface area (TPSA) is 59.1 Å². The van der Waals surface area contributed by atoms with Crippen LogP contribution >= 0.6 is 22.9 Å². The number of hydrogen-bond donors (Lipinski definition) is 1. The van der Waals surface area contributed by atoms with E-state index in [0.29, 0.717) is 10.7 Å². The maximum absolute atomic E-state index is 13.0.